The van der Waals surface area contributed by atoms with Gasteiger partial charge in [-0.25, -0.2) is 4.79 Å². The molecule has 1 rings (SSSR count). The predicted molar refractivity (Wildman–Crippen MR) is 59.9 cm³/mol. The van der Waals surface area contributed by atoms with Crippen molar-refractivity contribution in [1.82, 2.24) is 0 Å². The van der Waals surface area contributed by atoms with E-state index < -0.39 is 12.1 Å². The van der Waals surface area contributed by atoms with Crippen LogP contribution in [0.1, 0.15) is 13.8 Å². The minimum Gasteiger partial charge on any atom is -0.493 e. The maximum atomic E-state index is 11.0. The van der Waals surface area contributed by atoms with Gasteiger partial charge in [-0.15, -0.1) is 0 Å². The molecule has 0 amide bonds. The molecule has 0 aliphatic carbocycles. The lowest BCUT2D eigenvalue weighted by molar-refractivity contribution is -0.147. The summed E-state index contributed by atoms with van der Waals surface area (Å²) in [7, 11) is 1.52. The molecule has 1 atom stereocenters. The average molecular weight is 224 g/mol. The summed E-state index contributed by atoms with van der Waals surface area (Å²) in [5.74, 6) is -0.0937. The standard InChI is InChI=1S/C12H16O4/c1-8(2)11(12(13)14)16-10-7-5-4-6-9(10)15-3/h4-8,11H,1-3H3,(H,13,14). The molecular weight excluding hydrogens is 208 g/mol. The third kappa shape index (κ3) is 2.89. The largest absolute Gasteiger partial charge is 0.493 e. The van der Waals surface area contributed by atoms with Crippen LogP contribution >= 0.6 is 0 Å². The Morgan fingerprint density at radius 3 is 2.25 bits per heavy atom. The van der Waals surface area contributed by atoms with Crippen molar-refractivity contribution in [2.45, 2.75) is 20.0 Å². The molecule has 1 aromatic carbocycles. The maximum Gasteiger partial charge on any atom is 0.345 e. The normalized spacial score (nSPS) is 12.2. The SMILES string of the molecule is COc1ccccc1OC(C(=O)O)C(C)C. The van der Waals surface area contributed by atoms with Crippen LogP contribution in [0, 0.1) is 5.92 Å². The summed E-state index contributed by atoms with van der Waals surface area (Å²) >= 11 is 0. The molecule has 0 fully saturated rings. The van der Waals surface area contributed by atoms with E-state index in [1.54, 1.807) is 38.1 Å². The smallest absolute Gasteiger partial charge is 0.345 e. The Morgan fingerprint density at radius 1 is 1.25 bits per heavy atom. The van der Waals surface area contributed by atoms with E-state index in [9.17, 15) is 4.79 Å². The summed E-state index contributed by atoms with van der Waals surface area (Å²) in [5.41, 5.74) is 0. The van der Waals surface area contributed by atoms with Gasteiger partial charge in [0.15, 0.2) is 17.6 Å². The third-order valence-electron chi connectivity index (χ3n) is 2.17. The molecule has 4 nitrogen and oxygen atoms in total. The molecule has 88 valence electrons. The summed E-state index contributed by atoms with van der Waals surface area (Å²) in [6, 6.07) is 7.00. The Morgan fingerprint density at radius 2 is 1.81 bits per heavy atom. The Labute approximate surface area is 94.8 Å². The summed E-state index contributed by atoms with van der Waals surface area (Å²) in [6.45, 7) is 3.60. The zero-order valence-corrected chi connectivity index (χ0v) is 9.64. The maximum absolute atomic E-state index is 11.0. The fourth-order valence-corrected chi connectivity index (χ4v) is 1.32. The van der Waals surface area contributed by atoms with E-state index >= 15 is 0 Å². The lowest BCUT2D eigenvalue weighted by Gasteiger charge is -2.19. The fourth-order valence-electron chi connectivity index (χ4n) is 1.32. The van der Waals surface area contributed by atoms with Crippen molar-refractivity contribution < 1.29 is 19.4 Å². The van der Waals surface area contributed by atoms with Crippen molar-refractivity contribution in [1.29, 1.82) is 0 Å². The Kier molecular flexibility index (Phi) is 4.17. The van der Waals surface area contributed by atoms with Gasteiger partial charge < -0.3 is 14.6 Å². The number of carboxylic acid groups (broad SMARTS) is 1. The number of rotatable bonds is 5. The van der Waals surface area contributed by atoms with Crippen molar-refractivity contribution in [3.63, 3.8) is 0 Å². The first-order valence-corrected chi connectivity index (χ1v) is 5.08. The van der Waals surface area contributed by atoms with E-state index in [2.05, 4.69) is 0 Å². The van der Waals surface area contributed by atoms with Gasteiger partial charge in [0.2, 0.25) is 0 Å². The average Bonchev–Trinajstić information content (AvgIpc) is 2.25. The molecule has 0 saturated heterocycles. The minimum absolute atomic E-state index is 0.109. The molecule has 0 aliphatic heterocycles. The summed E-state index contributed by atoms with van der Waals surface area (Å²) < 4.78 is 10.5. The van der Waals surface area contributed by atoms with Crippen molar-refractivity contribution in [3.05, 3.63) is 24.3 Å². The highest BCUT2D eigenvalue weighted by Gasteiger charge is 2.24. The van der Waals surface area contributed by atoms with Crippen molar-refractivity contribution in [2.24, 2.45) is 5.92 Å². The number of benzene rings is 1. The van der Waals surface area contributed by atoms with Crippen LogP contribution in [-0.2, 0) is 4.79 Å². The Bertz CT molecular complexity index is 360. The van der Waals surface area contributed by atoms with Crippen LogP contribution in [0.25, 0.3) is 0 Å². The van der Waals surface area contributed by atoms with Crippen LogP contribution in [-0.4, -0.2) is 24.3 Å². The highest BCUT2D eigenvalue weighted by Crippen LogP contribution is 2.28. The van der Waals surface area contributed by atoms with Crippen LogP contribution in [0.15, 0.2) is 24.3 Å². The number of methoxy groups -OCH3 is 1. The molecule has 0 spiro atoms. The van der Waals surface area contributed by atoms with Gasteiger partial charge in [0.1, 0.15) is 0 Å². The van der Waals surface area contributed by atoms with Gasteiger partial charge in [-0.3, -0.25) is 0 Å². The summed E-state index contributed by atoms with van der Waals surface area (Å²) in [6.07, 6.45) is -0.865. The lowest BCUT2D eigenvalue weighted by atomic mass is 10.1. The Balaban J connectivity index is 2.89. The Hall–Kier alpha value is -1.71. The number of ether oxygens (including phenoxy) is 2. The topological polar surface area (TPSA) is 55.8 Å². The van der Waals surface area contributed by atoms with Crippen LogP contribution < -0.4 is 9.47 Å². The van der Waals surface area contributed by atoms with Crippen molar-refractivity contribution >= 4 is 5.97 Å². The minimum atomic E-state index is -0.971. The van der Waals surface area contributed by atoms with Crippen LogP contribution in [0.4, 0.5) is 0 Å². The van der Waals surface area contributed by atoms with Crippen molar-refractivity contribution in [2.75, 3.05) is 7.11 Å². The zero-order valence-electron chi connectivity index (χ0n) is 9.64. The number of carbonyl (C=O) groups is 1. The summed E-state index contributed by atoms with van der Waals surface area (Å²) in [4.78, 5) is 11.0. The fraction of sp³-hybridized carbons (Fsp3) is 0.417. The molecular formula is C12H16O4. The first-order valence-electron chi connectivity index (χ1n) is 5.08. The van der Waals surface area contributed by atoms with Gasteiger partial charge in [0.25, 0.3) is 0 Å². The molecule has 0 bridgehead atoms. The van der Waals surface area contributed by atoms with Gasteiger partial charge in [-0.1, -0.05) is 26.0 Å². The van der Waals surface area contributed by atoms with E-state index in [0.717, 1.165) is 0 Å². The van der Waals surface area contributed by atoms with Gasteiger partial charge in [-0.05, 0) is 12.1 Å². The van der Waals surface area contributed by atoms with E-state index in [1.807, 2.05) is 0 Å². The number of aliphatic carboxylic acids is 1. The molecule has 1 unspecified atom stereocenters. The van der Waals surface area contributed by atoms with Crippen LogP contribution in [0.5, 0.6) is 11.5 Å². The third-order valence-corrected chi connectivity index (χ3v) is 2.17. The van der Waals surface area contributed by atoms with Gasteiger partial charge in [0, 0.05) is 5.92 Å². The van der Waals surface area contributed by atoms with Crippen molar-refractivity contribution in [3.8, 4) is 11.5 Å². The molecule has 1 aromatic rings. The van der Waals surface area contributed by atoms with Gasteiger partial charge >= 0.3 is 5.97 Å². The molecule has 0 heterocycles. The van der Waals surface area contributed by atoms with Gasteiger partial charge in [-0.2, -0.15) is 0 Å². The lowest BCUT2D eigenvalue weighted by Crippen LogP contribution is -2.32. The monoisotopic (exact) mass is 224 g/mol. The number of hydrogen-bond donors (Lipinski definition) is 1. The highest BCUT2D eigenvalue weighted by atomic mass is 16.5. The molecule has 0 saturated carbocycles. The van der Waals surface area contributed by atoms with E-state index in [0.29, 0.717) is 11.5 Å². The first kappa shape index (κ1) is 12.4. The molecule has 0 aliphatic rings. The molecule has 0 aromatic heterocycles. The number of hydrogen-bond acceptors (Lipinski definition) is 3. The van der Waals surface area contributed by atoms with Crippen LogP contribution in [0.3, 0.4) is 0 Å². The van der Waals surface area contributed by atoms with E-state index in [4.69, 9.17) is 14.6 Å². The number of carboxylic acids is 1. The second kappa shape index (κ2) is 5.39. The second-order valence-electron chi connectivity index (χ2n) is 3.77. The van der Waals surface area contributed by atoms with Crippen LogP contribution in [0.2, 0.25) is 0 Å². The first-order chi connectivity index (χ1) is 7.56. The number of para-hydroxylation sites is 2. The van der Waals surface area contributed by atoms with E-state index in [1.165, 1.54) is 7.11 Å². The molecule has 1 N–H and O–H groups in total. The highest BCUT2D eigenvalue weighted by molar-refractivity contribution is 5.73. The molecule has 0 radical (unpaired) electrons. The summed E-state index contributed by atoms with van der Waals surface area (Å²) in [5, 5.41) is 9.00. The molecule has 4 heteroatoms. The quantitative estimate of drug-likeness (QED) is 0.832. The van der Waals surface area contributed by atoms with E-state index in [-0.39, 0.29) is 5.92 Å². The predicted octanol–water partition coefficient (Wildman–Crippen LogP) is 2.18. The van der Waals surface area contributed by atoms with Gasteiger partial charge in [0.05, 0.1) is 7.11 Å². The molecule has 16 heavy (non-hydrogen) atoms. The zero-order chi connectivity index (χ0) is 12.1. The second-order valence-corrected chi connectivity index (χ2v) is 3.77.